The van der Waals surface area contributed by atoms with Gasteiger partial charge in [-0.05, 0) is 48.7 Å². The van der Waals surface area contributed by atoms with E-state index >= 15 is 0 Å². The number of phenols is 1. The van der Waals surface area contributed by atoms with Crippen LogP contribution in [0.4, 0.5) is 0 Å². The molecule has 0 aliphatic heterocycles. The highest BCUT2D eigenvalue weighted by atomic mass is 35.5. The summed E-state index contributed by atoms with van der Waals surface area (Å²) >= 11 is 5.99. The molecule has 2 aromatic carbocycles. The van der Waals surface area contributed by atoms with Gasteiger partial charge in [-0.2, -0.15) is 0 Å². The Hall–Kier alpha value is -1.71. The third kappa shape index (κ3) is 4.66. The van der Waals surface area contributed by atoms with Crippen LogP contribution in [-0.4, -0.2) is 18.3 Å². The quantitative estimate of drug-likeness (QED) is 0.853. The number of rotatable bonds is 6. The van der Waals surface area contributed by atoms with Crippen LogP contribution in [0, 0.1) is 0 Å². The van der Waals surface area contributed by atoms with E-state index in [1.54, 1.807) is 13.2 Å². The minimum atomic E-state index is 0.160. The zero-order valence-corrected chi connectivity index (χ0v) is 13.0. The minimum absolute atomic E-state index is 0.160. The fraction of sp³-hybridized carbons (Fsp3) is 0.294. The van der Waals surface area contributed by atoms with Gasteiger partial charge in [0.25, 0.3) is 0 Å². The molecule has 0 bridgehead atoms. The smallest absolute Gasteiger partial charge is 0.160 e. The Labute approximate surface area is 130 Å². The molecule has 0 aliphatic carbocycles. The monoisotopic (exact) mass is 305 g/mol. The summed E-state index contributed by atoms with van der Waals surface area (Å²) in [6.07, 6.45) is 0.912. The summed E-state index contributed by atoms with van der Waals surface area (Å²) in [5.74, 6) is 0.657. The SMILES string of the molecule is COc1cc(CNC(C)Cc2cccc(Cl)c2)ccc1O. The number of methoxy groups -OCH3 is 1. The van der Waals surface area contributed by atoms with Gasteiger partial charge in [0.1, 0.15) is 0 Å². The number of aromatic hydroxyl groups is 1. The normalized spacial score (nSPS) is 12.1. The van der Waals surface area contributed by atoms with Crippen molar-refractivity contribution in [2.45, 2.75) is 25.9 Å². The van der Waals surface area contributed by atoms with Crippen molar-refractivity contribution in [3.05, 3.63) is 58.6 Å². The highest BCUT2D eigenvalue weighted by Crippen LogP contribution is 2.26. The molecule has 0 saturated carbocycles. The van der Waals surface area contributed by atoms with Crippen LogP contribution in [0.2, 0.25) is 5.02 Å². The van der Waals surface area contributed by atoms with E-state index in [2.05, 4.69) is 18.3 Å². The second kappa shape index (κ2) is 7.34. The third-order valence-corrected chi connectivity index (χ3v) is 3.56. The Balaban J connectivity index is 1.90. The zero-order chi connectivity index (χ0) is 15.2. The summed E-state index contributed by atoms with van der Waals surface area (Å²) in [4.78, 5) is 0. The molecular weight excluding hydrogens is 286 g/mol. The van der Waals surface area contributed by atoms with Gasteiger partial charge in [-0.1, -0.05) is 29.8 Å². The van der Waals surface area contributed by atoms with Crippen LogP contribution in [0.5, 0.6) is 11.5 Å². The van der Waals surface area contributed by atoms with Crippen LogP contribution < -0.4 is 10.1 Å². The maximum Gasteiger partial charge on any atom is 0.160 e. The Morgan fingerprint density at radius 3 is 2.71 bits per heavy atom. The van der Waals surface area contributed by atoms with E-state index in [-0.39, 0.29) is 5.75 Å². The van der Waals surface area contributed by atoms with Crippen molar-refractivity contribution in [2.24, 2.45) is 0 Å². The fourth-order valence-electron chi connectivity index (χ4n) is 2.21. The lowest BCUT2D eigenvalue weighted by molar-refractivity contribution is 0.372. The molecule has 0 spiro atoms. The van der Waals surface area contributed by atoms with Gasteiger partial charge < -0.3 is 15.2 Å². The molecule has 2 rings (SSSR count). The molecule has 2 N–H and O–H groups in total. The van der Waals surface area contributed by atoms with Crippen LogP contribution in [0.25, 0.3) is 0 Å². The molecule has 112 valence electrons. The molecule has 0 aromatic heterocycles. The van der Waals surface area contributed by atoms with Gasteiger partial charge in [0.05, 0.1) is 7.11 Å². The average Bonchev–Trinajstić information content (AvgIpc) is 2.46. The summed E-state index contributed by atoms with van der Waals surface area (Å²) in [6, 6.07) is 13.6. The van der Waals surface area contributed by atoms with Gasteiger partial charge in [-0.15, -0.1) is 0 Å². The molecule has 0 amide bonds. The zero-order valence-electron chi connectivity index (χ0n) is 12.3. The van der Waals surface area contributed by atoms with Gasteiger partial charge in [0.15, 0.2) is 11.5 Å². The van der Waals surface area contributed by atoms with E-state index < -0.39 is 0 Å². The highest BCUT2D eigenvalue weighted by molar-refractivity contribution is 6.30. The van der Waals surface area contributed by atoms with E-state index in [1.807, 2.05) is 30.3 Å². The van der Waals surface area contributed by atoms with Gasteiger partial charge in [0, 0.05) is 17.6 Å². The van der Waals surface area contributed by atoms with Crippen LogP contribution in [0.3, 0.4) is 0 Å². The Kier molecular flexibility index (Phi) is 5.48. The Bertz CT molecular complexity index is 601. The summed E-state index contributed by atoms with van der Waals surface area (Å²) in [5, 5.41) is 13.8. The predicted octanol–water partition coefficient (Wildman–Crippen LogP) is 3.78. The van der Waals surface area contributed by atoms with E-state index in [0.717, 1.165) is 23.6 Å². The lowest BCUT2D eigenvalue weighted by Gasteiger charge is -2.15. The lowest BCUT2D eigenvalue weighted by atomic mass is 10.1. The van der Waals surface area contributed by atoms with E-state index in [1.165, 1.54) is 5.56 Å². The molecule has 4 heteroatoms. The summed E-state index contributed by atoms with van der Waals surface area (Å²) in [5.41, 5.74) is 2.29. The number of phenolic OH excluding ortho intramolecular Hbond substituents is 1. The van der Waals surface area contributed by atoms with Crippen molar-refractivity contribution in [3.63, 3.8) is 0 Å². The number of hydrogen-bond acceptors (Lipinski definition) is 3. The third-order valence-electron chi connectivity index (χ3n) is 3.33. The fourth-order valence-corrected chi connectivity index (χ4v) is 2.43. The number of halogens is 1. The van der Waals surface area contributed by atoms with Gasteiger partial charge in [-0.3, -0.25) is 0 Å². The average molecular weight is 306 g/mol. The topological polar surface area (TPSA) is 41.5 Å². The standard InChI is InChI=1S/C17H20ClNO2/c1-12(8-13-4-3-5-15(18)9-13)19-11-14-6-7-16(20)17(10-14)21-2/h3-7,9-10,12,19-20H,8,11H2,1-2H3. The van der Waals surface area contributed by atoms with Gasteiger partial charge in [-0.25, -0.2) is 0 Å². The first-order chi connectivity index (χ1) is 10.1. The molecule has 0 aliphatic rings. The summed E-state index contributed by atoms with van der Waals surface area (Å²) in [7, 11) is 1.55. The number of nitrogens with one attached hydrogen (secondary N) is 1. The molecule has 21 heavy (non-hydrogen) atoms. The minimum Gasteiger partial charge on any atom is -0.504 e. The Morgan fingerprint density at radius 2 is 2.00 bits per heavy atom. The van der Waals surface area contributed by atoms with Gasteiger partial charge >= 0.3 is 0 Å². The predicted molar refractivity (Wildman–Crippen MR) is 86.1 cm³/mol. The molecule has 0 fully saturated rings. The van der Waals surface area contributed by atoms with Crippen molar-refractivity contribution in [3.8, 4) is 11.5 Å². The van der Waals surface area contributed by atoms with Crippen LogP contribution >= 0.6 is 11.6 Å². The number of hydrogen-bond donors (Lipinski definition) is 2. The Morgan fingerprint density at radius 1 is 1.19 bits per heavy atom. The van der Waals surface area contributed by atoms with E-state index in [0.29, 0.717) is 11.8 Å². The largest absolute Gasteiger partial charge is 0.504 e. The molecule has 1 atom stereocenters. The van der Waals surface area contributed by atoms with E-state index in [4.69, 9.17) is 16.3 Å². The molecule has 0 radical (unpaired) electrons. The van der Waals surface area contributed by atoms with Crippen molar-refractivity contribution in [2.75, 3.05) is 7.11 Å². The second-order valence-corrected chi connectivity index (χ2v) is 5.56. The molecule has 2 aromatic rings. The molecule has 3 nitrogen and oxygen atoms in total. The van der Waals surface area contributed by atoms with Crippen LogP contribution in [-0.2, 0) is 13.0 Å². The van der Waals surface area contributed by atoms with Gasteiger partial charge in [0.2, 0.25) is 0 Å². The molecule has 1 unspecified atom stereocenters. The first-order valence-corrected chi connectivity index (χ1v) is 7.30. The first-order valence-electron chi connectivity index (χ1n) is 6.92. The lowest BCUT2D eigenvalue weighted by Crippen LogP contribution is -2.27. The maximum absolute atomic E-state index is 9.58. The summed E-state index contributed by atoms with van der Waals surface area (Å²) in [6.45, 7) is 2.86. The van der Waals surface area contributed by atoms with Crippen molar-refractivity contribution < 1.29 is 9.84 Å². The van der Waals surface area contributed by atoms with Crippen LogP contribution in [0.15, 0.2) is 42.5 Å². The number of benzene rings is 2. The molecular formula is C17H20ClNO2. The molecule has 0 heterocycles. The van der Waals surface area contributed by atoms with Crippen molar-refractivity contribution in [1.29, 1.82) is 0 Å². The van der Waals surface area contributed by atoms with E-state index in [9.17, 15) is 5.11 Å². The number of ether oxygens (including phenoxy) is 1. The maximum atomic E-state index is 9.58. The van der Waals surface area contributed by atoms with Crippen molar-refractivity contribution in [1.82, 2.24) is 5.32 Å². The summed E-state index contributed by atoms with van der Waals surface area (Å²) < 4.78 is 5.11. The van der Waals surface area contributed by atoms with Crippen LogP contribution in [0.1, 0.15) is 18.1 Å². The second-order valence-electron chi connectivity index (χ2n) is 5.12. The highest BCUT2D eigenvalue weighted by Gasteiger charge is 2.06. The van der Waals surface area contributed by atoms with Crippen molar-refractivity contribution >= 4 is 11.6 Å². The first kappa shape index (κ1) is 15.7. The molecule has 0 saturated heterocycles.